The molecule has 8 nitrogen and oxygen atoms in total. The lowest BCUT2D eigenvalue weighted by Crippen LogP contribution is -2.45. The van der Waals surface area contributed by atoms with Gasteiger partial charge in [-0.2, -0.15) is 0 Å². The molecule has 1 atom stereocenters. The smallest absolute Gasteiger partial charge is 0.287 e. The topological polar surface area (TPSA) is 97.1 Å². The van der Waals surface area contributed by atoms with Crippen molar-refractivity contribution >= 4 is 11.9 Å². The monoisotopic (exact) mass is 386 g/mol. The predicted octanol–water partition coefficient (Wildman–Crippen LogP) is 1.71. The number of amides is 1. The van der Waals surface area contributed by atoms with E-state index in [0.29, 0.717) is 38.0 Å². The lowest BCUT2D eigenvalue weighted by Gasteiger charge is -2.27. The Morgan fingerprint density at radius 3 is 2.68 bits per heavy atom. The fourth-order valence-electron chi connectivity index (χ4n) is 2.78. The van der Waals surface area contributed by atoms with Crippen LogP contribution < -0.4 is 25.4 Å². The number of para-hydroxylation sites is 2. The molecule has 0 fully saturated rings. The van der Waals surface area contributed by atoms with Crippen LogP contribution in [0, 0.1) is 6.92 Å². The Bertz CT molecular complexity index is 818. The molecule has 150 valence electrons. The first-order chi connectivity index (χ1) is 13.7. The molecule has 0 bridgehead atoms. The fraction of sp³-hybridized carbons (Fsp3) is 0.400. The molecule has 2 heterocycles. The highest BCUT2D eigenvalue weighted by Gasteiger charge is 2.20. The first kappa shape index (κ1) is 19.6. The predicted molar refractivity (Wildman–Crippen MR) is 106 cm³/mol. The van der Waals surface area contributed by atoms with Gasteiger partial charge in [-0.05, 0) is 31.5 Å². The Hall–Kier alpha value is -3.16. The van der Waals surface area contributed by atoms with Crippen molar-refractivity contribution in [2.75, 3.05) is 33.3 Å². The number of benzene rings is 1. The van der Waals surface area contributed by atoms with Crippen LogP contribution in [0.15, 0.2) is 46.0 Å². The first-order valence-electron chi connectivity index (χ1n) is 9.32. The number of furan rings is 1. The lowest BCUT2D eigenvalue weighted by molar-refractivity contribution is 0.0924. The van der Waals surface area contributed by atoms with Gasteiger partial charge in [-0.3, -0.25) is 9.79 Å². The van der Waals surface area contributed by atoms with Crippen molar-refractivity contribution in [2.45, 2.75) is 19.4 Å². The number of hydrogen-bond acceptors (Lipinski definition) is 5. The van der Waals surface area contributed by atoms with Crippen molar-refractivity contribution in [3.63, 3.8) is 0 Å². The number of nitrogens with zero attached hydrogens (tertiary/aromatic N) is 1. The minimum Gasteiger partial charge on any atom is -0.486 e. The highest BCUT2D eigenvalue weighted by Crippen LogP contribution is 2.30. The first-order valence-corrected chi connectivity index (χ1v) is 9.32. The number of guanidine groups is 1. The number of aliphatic imine (C=N–C) groups is 1. The maximum Gasteiger partial charge on any atom is 0.287 e. The maximum atomic E-state index is 12.0. The molecule has 1 amide bonds. The van der Waals surface area contributed by atoms with Gasteiger partial charge < -0.3 is 29.8 Å². The molecule has 3 rings (SSSR count). The van der Waals surface area contributed by atoms with Gasteiger partial charge in [0.05, 0.1) is 12.8 Å². The van der Waals surface area contributed by atoms with Gasteiger partial charge in [0.25, 0.3) is 5.91 Å². The van der Waals surface area contributed by atoms with Crippen molar-refractivity contribution in [3.8, 4) is 11.5 Å². The summed E-state index contributed by atoms with van der Waals surface area (Å²) in [6.07, 6.45) is 2.17. The minimum absolute atomic E-state index is 0.0933. The number of ether oxygens (including phenoxy) is 2. The molecule has 28 heavy (non-hydrogen) atoms. The number of fused-ring (bicyclic) bond motifs is 1. The highest BCUT2D eigenvalue weighted by molar-refractivity contribution is 5.92. The van der Waals surface area contributed by atoms with Crippen LogP contribution >= 0.6 is 0 Å². The van der Waals surface area contributed by atoms with Gasteiger partial charge in [0.1, 0.15) is 12.7 Å². The molecule has 2 aromatic rings. The molecule has 0 saturated carbocycles. The SMILES string of the molecule is CN=C(NCCCNC(=O)c1occc1C)NCC1COc2ccccc2O1. The molecule has 1 aliphatic rings. The van der Waals surface area contributed by atoms with Crippen LogP contribution in [0.5, 0.6) is 11.5 Å². The quantitative estimate of drug-likeness (QED) is 0.381. The second-order valence-electron chi connectivity index (χ2n) is 6.42. The molecule has 3 N–H and O–H groups in total. The summed E-state index contributed by atoms with van der Waals surface area (Å²) in [4.78, 5) is 16.2. The zero-order valence-electron chi connectivity index (χ0n) is 16.2. The van der Waals surface area contributed by atoms with Crippen LogP contribution in [0.2, 0.25) is 0 Å². The van der Waals surface area contributed by atoms with Crippen molar-refractivity contribution in [2.24, 2.45) is 4.99 Å². The number of carbonyl (C=O) groups excluding carboxylic acids is 1. The molecule has 8 heteroatoms. The molecule has 1 unspecified atom stereocenters. The Morgan fingerprint density at radius 2 is 1.93 bits per heavy atom. The van der Waals surface area contributed by atoms with Gasteiger partial charge in [-0.1, -0.05) is 12.1 Å². The van der Waals surface area contributed by atoms with E-state index >= 15 is 0 Å². The van der Waals surface area contributed by atoms with E-state index in [9.17, 15) is 4.79 Å². The average Bonchev–Trinajstić information content (AvgIpc) is 3.15. The summed E-state index contributed by atoms with van der Waals surface area (Å²) in [5, 5.41) is 9.29. The van der Waals surface area contributed by atoms with E-state index in [-0.39, 0.29) is 12.0 Å². The molecule has 0 spiro atoms. The van der Waals surface area contributed by atoms with Crippen LogP contribution in [-0.2, 0) is 0 Å². The molecule has 0 aliphatic carbocycles. The van der Waals surface area contributed by atoms with Crippen LogP contribution in [0.4, 0.5) is 0 Å². The van der Waals surface area contributed by atoms with Crippen LogP contribution in [0.1, 0.15) is 22.5 Å². The third-order valence-corrected chi connectivity index (χ3v) is 4.29. The van der Waals surface area contributed by atoms with Crippen LogP contribution in [0.25, 0.3) is 0 Å². The minimum atomic E-state index is -0.195. The average molecular weight is 386 g/mol. The molecular formula is C20H26N4O4. The van der Waals surface area contributed by atoms with E-state index in [0.717, 1.165) is 23.5 Å². The Labute approximate surface area is 164 Å². The van der Waals surface area contributed by atoms with Crippen molar-refractivity contribution in [1.82, 2.24) is 16.0 Å². The van der Waals surface area contributed by atoms with Crippen molar-refractivity contribution in [3.05, 3.63) is 47.9 Å². The van der Waals surface area contributed by atoms with E-state index < -0.39 is 0 Å². The van der Waals surface area contributed by atoms with E-state index in [1.807, 2.05) is 31.2 Å². The number of nitrogens with one attached hydrogen (secondary N) is 3. The van der Waals surface area contributed by atoms with E-state index in [2.05, 4.69) is 20.9 Å². The molecule has 1 aromatic heterocycles. The van der Waals surface area contributed by atoms with Crippen LogP contribution in [0.3, 0.4) is 0 Å². The molecule has 1 aliphatic heterocycles. The summed E-state index contributed by atoms with van der Waals surface area (Å²) < 4.78 is 16.8. The van der Waals surface area contributed by atoms with E-state index in [4.69, 9.17) is 13.9 Å². The van der Waals surface area contributed by atoms with Crippen molar-refractivity contribution < 1.29 is 18.7 Å². The number of aryl methyl sites for hydroxylation is 1. The third kappa shape index (κ3) is 5.18. The number of carbonyl (C=O) groups is 1. The number of rotatable bonds is 7. The van der Waals surface area contributed by atoms with Crippen molar-refractivity contribution in [1.29, 1.82) is 0 Å². The van der Waals surface area contributed by atoms with Gasteiger partial charge in [0.15, 0.2) is 23.2 Å². The second-order valence-corrected chi connectivity index (χ2v) is 6.42. The summed E-state index contributed by atoms with van der Waals surface area (Å²) in [7, 11) is 1.71. The summed E-state index contributed by atoms with van der Waals surface area (Å²) in [5.41, 5.74) is 0.830. The van der Waals surface area contributed by atoms with Gasteiger partial charge in [-0.15, -0.1) is 0 Å². The zero-order valence-corrected chi connectivity index (χ0v) is 16.2. The van der Waals surface area contributed by atoms with E-state index in [1.54, 1.807) is 13.1 Å². The van der Waals surface area contributed by atoms with Gasteiger partial charge >= 0.3 is 0 Å². The summed E-state index contributed by atoms with van der Waals surface area (Å²) in [5.74, 6) is 2.37. The van der Waals surface area contributed by atoms with Gasteiger partial charge in [-0.25, -0.2) is 0 Å². The van der Waals surface area contributed by atoms with Gasteiger partial charge in [0.2, 0.25) is 0 Å². The van der Waals surface area contributed by atoms with E-state index in [1.165, 1.54) is 6.26 Å². The number of hydrogen-bond donors (Lipinski definition) is 3. The third-order valence-electron chi connectivity index (χ3n) is 4.29. The standard InChI is InChI=1S/C20H26N4O4/c1-14-8-11-26-18(14)19(25)22-9-5-10-23-20(21-2)24-12-15-13-27-16-6-3-4-7-17(16)28-15/h3-4,6-8,11,15H,5,9-10,12-13H2,1-2H3,(H,22,25)(H2,21,23,24). The zero-order chi connectivity index (χ0) is 19.8. The molecular weight excluding hydrogens is 360 g/mol. The summed E-state index contributed by atoms with van der Waals surface area (Å²) in [6.45, 7) is 4.11. The largest absolute Gasteiger partial charge is 0.486 e. The van der Waals surface area contributed by atoms with Crippen LogP contribution in [-0.4, -0.2) is 51.3 Å². The highest BCUT2D eigenvalue weighted by atomic mass is 16.6. The lowest BCUT2D eigenvalue weighted by atomic mass is 10.2. The Balaban J connectivity index is 1.32. The Kier molecular flexibility index (Phi) is 6.78. The summed E-state index contributed by atoms with van der Waals surface area (Å²) in [6, 6.07) is 9.40. The fourth-order valence-corrected chi connectivity index (χ4v) is 2.78. The molecule has 0 radical (unpaired) electrons. The second kappa shape index (κ2) is 9.68. The normalized spacial score (nSPS) is 15.8. The Morgan fingerprint density at radius 1 is 1.14 bits per heavy atom. The summed E-state index contributed by atoms with van der Waals surface area (Å²) >= 11 is 0. The maximum absolute atomic E-state index is 12.0. The van der Waals surface area contributed by atoms with Gasteiger partial charge in [0, 0.05) is 25.7 Å². The molecule has 1 aromatic carbocycles. The molecule has 0 saturated heterocycles.